The molecule has 2 aromatic carbocycles. The molecule has 0 aliphatic carbocycles. The highest BCUT2D eigenvalue weighted by molar-refractivity contribution is 9.10. The lowest BCUT2D eigenvalue weighted by molar-refractivity contribution is 0.414. The summed E-state index contributed by atoms with van der Waals surface area (Å²) in [6, 6.07) is 13.7. The minimum atomic E-state index is 0.421. The van der Waals surface area contributed by atoms with Gasteiger partial charge < -0.3 is 10.5 Å². The number of hydrogen-bond acceptors (Lipinski definition) is 5. The monoisotopic (exact) mass is 373 g/mol. The first-order valence-corrected chi connectivity index (χ1v) is 7.89. The highest BCUT2D eigenvalue weighted by Crippen LogP contribution is 2.30. The predicted molar refractivity (Wildman–Crippen MR) is 90.9 cm³/mol. The molecule has 23 heavy (non-hydrogen) atoms. The molecule has 6 nitrogen and oxygen atoms in total. The maximum atomic E-state index is 5.85. The van der Waals surface area contributed by atoms with Crippen molar-refractivity contribution in [1.82, 2.24) is 20.2 Å². The highest BCUT2D eigenvalue weighted by atomic mass is 79.9. The molecule has 0 saturated heterocycles. The Hall–Kier alpha value is -2.25. The van der Waals surface area contributed by atoms with Crippen LogP contribution in [0.2, 0.25) is 0 Å². The van der Waals surface area contributed by atoms with Gasteiger partial charge in [-0.1, -0.05) is 40.2 Å². The minimum absolute atomic E-state index is 0.421. The summed E-state index contributed by atoms with van der Waals surface area (Å²) in [6.45, 7) is 0.988. The number of nitrogens with zero attached hydrogens (tertiary/aromatic N) is 4. The number of ether oxygens (including phenoxy) is 1. The molecule has 0 radical (unpaired) electrons. The molecule has 0 bridgehead atoms. The van der Waals surface area contributed by atoms with Crippen LogP contribution in [0.5, 0.6) is 5.75 Å². The van der Waals surface area contributed by atoms with Crippen LogP contribution in [0.4, 0.5) is 0 Å². The fourth-order valence-corrected chi connectivity index (χ4v) is 2.97. The second kappa shape index (κ2) is 6.89. The molecule has 118 valence electrons. The molecule has 0 aliphatic rings. The Morgan fingerprint density at radius 3 is 2.65 bits per heavy atom. The average molecular weight is 374 g/mol. The zero-order valence-corrected chi connectivity index (χ0v) is 14.2. The van der Waals surface area contributed by atoms with Gasteiger partial charge >= 0.3 is 0 Å². The van der Waals surface area contributed by atoms with Crippen molar-refractivity contribution in [2.45, 2.75) is 13.1 Å². The number of tetrazole rings is 1. The number of benzene rings is 2. The smallest absolute Gasteiger partial charge is 0.183 e. The fourth-order valence-electron chi connectivity index (χ4n) is 2.38. The Morgan fingerprint density at radius 2 is 1.96 bits per heavy atom. The van der Waals surface area contributed by atoms with E-state index in [-0.39, 0.29) is 0 Å². The van der Waals surface area contributed by atoms with Gasteiger partial charge in [-0.2, -0.15) is 0 Å². The first-order valence-electron chi connectivity index (χ1n) is 7.10. The quantitative estimate of drug-likeness (QED) is 0.743. The van der Waals surface area contributed by atoms with Crippen LogP contribution in [-0.4, -0.2) is 27.3 Å². The van der Waals surface area contributed by atoms with E-state index in [1.807, 2.05) is 42.5 Å². The third-order valence-corrected chi connectivity index (χ3v) is 4.23. The molecule has 7 heteroatoms. The molecular formula is C16H16BrN5O. The lowest BCUT2D eigenvalue weighted by Gasteiger charge is -2.10. The number of nitrogens with two attached hydrogens (primary N) is 1. The van der Waals surface area contributed by atoms with Crippen molar-refractivity contribution < 1.29 is 4.74 Å². The average Bonchev–Trinajstić information content (AvgIpc) is 3.03. The summed E-state index contributed by atoms with van der Waals surface area (Å²) in [7, 11) is 1.65. The van der Waals surface area contributed by atoms with E-state index in [0.717, 1.165) is 26.9 Å². The third kappa shape index (κ3) is 3.25. The molecule has 0 unspecified atom stereocenters. The second-order valence-corrected chi connectivity index (χ2v) is 5.84. The fraction of sp³-hybridized carbons (Fsp3) is 0.188. The summed E-state index contributed by atoms with van der Waals surface area (Å²) in [5.41, 5.74) is 8.85. The largest absolute Gasteiger partial charge is 0.497 e. The van der Waals surface area contributed by atoms with Crippen LogP contribution < -0.4 is 10.5 Å². The lowest BCUT2D eigenvalue weighted by Crippen LogP contribution is -2.07. The summed E-state index contributed by atoms with van der Waals surface area (Å²) in [4.78, 5) is 0. The van der Waals surface area contributed by atoms with Gasteiger partial charge in [0, 0.05) is 16.6 Å². The molecule has 3 rings (SSSR count). The Balaban J connectivity index is 1.96. The molecule has 0 spiro atoms. The van der Waals surface area contributed by atoms with Crippen LogP contribution in [0, 0.1) is 0 Å². The summed E-state index contributed by atoms with van der Waals surface area (Å²) in [6.07, 6.45) is 0. The van der Waals surface area contributed by atoms with Crippen molar-refractivity contribution in [3.05, 3.63) is 58.1 Å². The van der Waals surface area contributed by atoms with Gasteiger partial charge in [0.15, 0.2) is 5.82 Å². The summed E-state index contributed by atoms with van der Waals surface area (Å²) in [5, 5.41) is 12.1. The van der Waals surface area contributed by atoms with E-state index < -0.39 is 0 Å². The summed E-state index contributed by atoms with van der Waals surface area (Å²) < 4.78 is 7.86. The number of halogens is 1. The first kappa shape index (κ1) is 15.6. The topological polar surface area (TPSA) is 78.8 Å². The van der Waals surface area contributed by atoms with Crippen molar-refractivity contribution >= 4 is 15.9 Å². The maximum absolute atomic E-state index is 5.85. The van der Waals surface area contributed by atoms with Crippen molar-refractivity contribution in [3.8, 4) is 17.1 Å². The van der Waals surface area contributed by atoms with Gasteiger partial charge in [0.05, 0.1) is 13.7 Å². The number of hydrogen-bond donors (Lipinski definition) is 1. The van der Waals surface area contributed by atoms with Crippen molar-refractivity contribution in [3.63, 3.8) is 0 Å². The number of aromatic nitrogens is 4. The van der Waals surface area contributed by atoms with Crippen LogP contribution in [0.25, 0.3) is 11.4 Å². The molecule has 0 amide bonds. The number of methoxy groups -OCH3 is 1. The lowest BCUT2D eigenvalue weighted by atomic mass is 10.1. The van der Waals surface area contributed by atoms with E-state index >= 15 is 0 Å². The maximum Gasteiger partial charge on any atom is 0.183 e. The van der Waals surface area contributed by atoms with Gasteiger partial charge in [0.25, 0.3) is 0 Å². The molecule has 0 aliphatic heterocycles. The van der Waals surface area contributed by atoms with E-state index in [2.05, 4.69) is 31.5 Å². The standard InChI is InChI=1S/C16H16BrN5O/c1-23-13-7-5-11(6-8-13)10-22-16(19-20-21-22)15-12(9-18)3-2-4-14(15)17/h2-8H,9-10,18H2,1H3. The first-order chi connectivity index (χ1) is 11.2. The van der Waals surface area contributed by atoms with Gasteiger partial charge in [-0.25, -0.2) is 4.68 Å². The van der Waals surface area contributed by atoms with E-state index in [4.69, 9.17) is 10.5 Å². The summed E-state index contributed by atoms with van der Waals surface area (Å²) in [5.74, 6) is 1.51. The van der Waals surface area contributed by atoms with E-state index in [0.29, 0.717) is 18.9 Å². The molecule has 2 N–H and O–H groups in total. The Bertz CT molecular complexity index is 800. The minimum Gasteiger partial charge on any atom is -0.497 e. The zero-order chi connectivity index (χ0) is 16.2. The molecule has 0 saturated carbocycles. The normalized spacial score (nSPS) is 10.7. The SMILES string of the molecule is COc1ccc(Cn2nnnc2-c2c(Br)cccc2CN)cc1. The third-order valence-electron chi connectivity index (χ3n) is 3.57. The van der Waals surface area contributed by atoms with E-state index in [1.54, 1.807) is 11.8 Å². The Kier molecular flexibility index (Phi) is 4.68. The van der Waals surface area contributed by atoms with Gasteiger partial charge in [0.1, 0.15) is 5.75 Å². The van der Waals surface area contributed by atoms with Crippen LogP contribution in [0.1, 0.15) is 11.1 Å². The molecule has 0 atom stereocenters. The molecule has 3 aromatic rings. The van der Waals surface area contributed by atoms with Crippen molar-refractivity contribution in [2.75, 3.05) is 7.11 Å². The van der Waals surface area contributed by atoms with E-state index in [1.165, 1.54) is 0 Å². The number of rotatable bonds is 5. The molecule has 1 aromatic heterocycles. The molecule has 0 fully saturated rings. The highest BCUT2D eigenvalue weighted by Gasteiger charge is 2.16. The Morgan fingerprint density at radius 1 is 1.17 bits per heavy atom. The molecular weight excluding hydrogens is 358 g/mol. The van der Waals surface area contributed by atoms with Crippen LogP contribution >= 0.6 is 15.9 Å². The predicted octanol–water partition coefficient (Wildman–Crippen LogP) is 2.62. The van der Waals surface area contributed by atoms with Crippen molar-refractivity contribution in [1.29, 1.82) is 0 Å². The summed E-state index contributed by atoms with van der Waals surface area (Å²) >= 11 is 3.57. The van der Waals surface area contributed by atoms with Crippen LogP contribution in [0.3, 0.4) is 0 Å². The van der Waals surface area contributed by atoms with Gasteiger partial charge in [-0.15, -0.1) is 5.10 Å². The van der Waals surface area contributed by atoms with Gasteiger partial charge in [-0.05, 0) is 39.8 Å². The van der Waals surface area contributed by atoms with Gasteiger partial charge in [-0.3, -0.25) is 0 Å². The second-order valence-electron chi connectivity index (χ2n) is 4.99. The zero-order valence-electron chi connectivity index (χ0n) is 12.6. The van der Waals surface area contributed by atoms with Crippen LogP contribution in [0.15, 0.2) is 46.9 Å². The van der Waals surface area contributed by atoms with Gasteiger partial charge in [0.2, 0.25) is 0 Å². The van der Waals surface area contributed by atoms with E-state index in [9.17, 15) is 0 Å². The Labute approximate surface area is 142 Å². The van der Waals surface area contributed by atoms with Crippen LogP contribution in [-0.2, 0) is 13.1 Å². The van der Waals surface area contributed by atoms with Crippen molar-refractivity contribution in [2.24, 2.45) is 5.73 Å². The molecule has 1 heterocycles.